The molecule has 0 aliphatic rings. The van der Waals surface area contributed by atoms with E-state index in [1.54, 1.807) is 32.9 Å². The quantitative estimate of drug-likeness (QED) is 0.671. The van der Waals surface area contributed by atoms with E-state index in [-0.39, 0.29) is 17.4 Å². The van der Waals surface area contributed by atoms with Crippen molar-refractivity contribution in [3.8, 4) is 0 Å². The fraction of sp³-hybridized carbons (Fsp3) is 0.400. The Morgan fingerprint density at radius 2 is 1.82 bits per heavy atom. The van der Waals surface area contributed by atoms with E-state index in [0.717, 1.165) is 5.56 Å². The Bertz CT molecular complexity index is 882. The molecule has 1 atom stereocenters. The lowest BCUT2D eigenvalue weighted by Crippen LogP contribution is -2.41. The molecule has 0 saturated carbocycles. The van der Waals surface area contributed by atoms with Crippen LogP contribution in [-0.2, 0) is 4.79 Å². The van der Waals surface area contributed by atoms with Crippen molar-refractivity contribution in [2.24, 2.45) is 5.92 Å². The molecule has 0 aliphatic carbocycles. The van der Waals surface area contributed by atoms with E-state index in [2.05, 4.69) is 15.8 Å². The molecule has 2 aromatic rings. The summed E-state index contributed by atoms with van der Waals surface area (Å²) >= 11 is 0. The van der Waals surface area contributed by atoms with Crippen molar-refractivity contribution in [3.63, 3.8) is 0 Å². The van der Waals surface area contributed by atoms with Gasteiger partial charge in [0.2, 0.25) is 0 Å². The minimum atomic E-state index is -1.08. The van der Waals surface area contributed by atoms with Gasteiger partial charge in [-0.05, 0) is 50.8 Å². The number of amides is 2. The molecule has 8 nitrogen and oxygen atoms in total. The highest BCUT2D eigenvalue weighted by Crippen LogP contribution is 2.20. The summed E-state index contributed by atoms with van der Waals surface area (Å²) in [7, 11) is 0. The molecule has 3 N–H and O–H groups in total. The van der Waals surface area contributed by atoms with Gasteiger partial charge in [-0.15, -0.1) is 0 Å². The zero-order valence-corrected chi connectivity index (χ0v) is 16.6. The van der Waals surface area contributed by atoms with Crippen LogP contribution in [0.25, 0.3) is 0 Å². The first-order valence-electron chi connectivity index (χ1n) is 8.98. The largest absolute Gasteiger partial charge is 0.480 e. The van der Waals surface area contributed by atoms with Crippen LogP contribution in [-0.4, -0.2) is 34.1 Å². The highest BCUT2D eigenvalue weighted by Gasteiger charge is 2.23. The van der Waals surface area contributed by atoms with E-state index < -0.39 is 17.9 Å². The van der Waals surface area contributed by atoms with Crippen LogP contribution in [0.5, 0.6) is 0 Å². The number of aromatic nitrogens is 1. The molecular formula is C20H25N3O5. The van der Waals surface area contributed by atoms with Gasteiger partial charge in [0.25, 0.3) is 11.8 Å². The molecule has 28 heavy (non-hydrogen) atoms. The maximum absolute atomic E-state index is 12.5. The van der Waals surface area contributed by atoms with Crippen molar-refractivity contribution in [1.82, 2.24) is 10.5 Å². The van der Waals surface area contributed by atoms with E-state index in [9.17, 15) is 19.5 Å². The summed E-state index contributed by atoms with van der Waals surface area (Å²) in [6.45, 7) is 8.88. The summed E-state index contributed by atoms with van der Waals surface area (Å²) in [6.07, 6.45) is 0.322. The van der Waals surface area contributed by atoms with Crippen LogP contribution >= 0.6 is 0 Å². The minimum Gasteiger partial charge on any atom is -0.480 e. The van der Waals surface area contributed by atoms with Crippen LogP contribution in [0.1, 0.15) is 58.0 Å². The average molecular weight is 387 g/mol. The fourth-order valence-electron chi connectivity index (χ4n) is 2.82. The van der Waals surface area contributed by atoms with Crippen molar-refractivity contribution in [1.29, 1.82) is 0 Å². The second kappa shape index (κ2) is 8.69. The number of nitrogens with zero attached hydrogens (tertiary/aromatic N) is 1. The van der Waals surface area contributed by atoms with Crippen molar-refractivity contribution < 1.29 is 24.0 Å². The topological polar surface area (TPSA) is 122 Å². The predicted molar refractivity (Wildman–Crippen MR) is 103 cm³/mol. The van der Waals surface area contributed by atoms with Crippen molar-refractivity contribution in [2.75, 3.05) is 5.32 Å². The third-order valence-corrected chi connectivity index (χ3v) is 4.32. The Morgan fingerprint density at radius 3 is 2.36 bits per heavy atom. The Labute approximate surface area is 163 Å². The van der Waals surface area contributed by atoms with Crippen molar-refractivity contribution >= 4 is 23.5 Å². The molecule has 1 aromatic carbocycles. The Hall–Kier alpha value is -3.16. The zero-order valence-electron chi connectivity index (χ0n) is 16.6. The highest BCUT2D eigenvalue weighted by atomic mass is 16.5. The minimum absolute atomic E-state index is 0.115. The van der Waals surface area contributed by atoms with Gasteiger partial charge in [-0.3, -0.25) is 9.59 Å². The molecule has 8 heteroatoms. The molecule has 0 fully saturated rings. The van der Waals surface area contributed by atoms with Gasteiger partial charge in [-0.25, -0.2) is 4.79 Å². The number of carboxylic acids is 1. The molecule has 2 amide bonds. The fourth-order valence-corrected chi connectivity index (χ4v) is 2.82. The lowest BCUT2D eigenvalue weighted by molar-refractivity contribution is -0.139. The van der Waals surface area contributed by atoms with Crippen molar-refractivity contribution in [3.05, 3.63) is 46.3 Å². The summed E-state index contributed by atoms with van der Waals surface area (Å²) < 4.78 is 5.01. The molecule has 1 heterocycles. The lowest BCUT2D eigenvalue weighted by Gasteiger charge is -2.17. The van der Waals surface area contributed by atoms with Crippen LogP contribution in [0.15, 0.2) is 22.7 Å². The first-order chi connectivity index (χ1) is 13.1. The van der Waals surface area contributed by atoms with Crippen LogP contribution < -0.4 is 10.6 Å². The van der Waals surface area contributed by atoms with Gasteiger partial charge in [0.15, 0.2) is 0 Å². The number of hydrogen-bond acceptors (Lipinski definition) is 5. The van der Waals surface area contributed by atoms with Gasteiger partial charge in [-0.2, -0.15) is 0 Å². The average Bonchev–Trinajstić information content (AvgIpc) is 2.94. The number of hydrogen-bond donors (Lipinski definition) is 3. The molecule has 1 aromatic heterocycles. The highest BCUT2D eigenvalue weighted by molar-refractivity contribution is 6.07. The first kappa shape index (κ1) is 21.1. The maximum atomic E-state index is 12.5. The molecule has 0 saturated heterocycles. The van der Waals surface area contributed by atoms with E-state index in [0.29, 0.717) is 29.1 Å². The number of aryl methyl sites for hydroxylation is 3. The van der Waals surface area contributed by atoms with E-state index in [4.69, 9.17) is 4.52 Å². The smallest absolute Gasteiger partial charge is 0.326 e. The molecule has 0 spiro atoms. The predicted octanol–water partition coefficient (Wildman–Crippen LogP) is 3.08. The van der Waals surface area contributed by atoms with Gasteiger partial charge < -0.3 is 20.3 Å². The Balaban J connectivity index is 2.21. The van der Waals surface area contributed by atoms with Crippen LogP contribution in [0.3, 0.4) is 0 Å². The van der Waals surface area contributed by atoms with Crippen LogP contribution in [0.4, 0.5) is 5.69 Å². The number of carbonyl (C=O) groups excluding carboxylic acids is 2. The Morgan fingerprint density at radius 1 is 1.14 bits per heavy atom. The number of nitrogens with one attached hydrogen (secondary N) is 2. The summed E-state index contributed by atoms with van der Waals surface area (Å²) in [5.74, 6) is -1.47. The SMILES string of the molecule is Cc1ccc(C(=O)NC(CC(C)C)C(=O)O)cc1NC(=O)c1c(C)noc1C. The second-order valence-corrected chi connectivity index (χ2v) is 7.18. The number of carboxylic acid groups (broad SMARTS) is 1. The van der Waals surface area contributed by atoms with Gasteiger partial charge >= 0.3 is 5.97 Å². The Kier molecular flexibility index (Phi) is 6.56. The zero-order chi connectivity index (χ0) is 21.0. The first-order valence-corrected chi connectivity index (χ1v) is 8.98. The summed E-state index contributed by atoms with van der Waals surface area (Å²) in [5.41, 5.74) is 2.29. The van der Waals surface area contributed by atoms with Gasteiger partial charge in [0.1, 0.15) is 17.4 Å². The van der Waals surface area contributed by atoms with Crippen molar-refractivity contribution in [2.45, 2.75) is 47.1 Å². The third-order valence-electron chi connectivity index (χ3n) is 4.32. The summed E-state index contributed by atoms with van der Waals surface area (Å²) in [4.78, 5) is 36.4. The number of anilines is 1. The molecule has 0 bridgehead atoms. The van der Waals surface area contributed by atoms with Crippen LogP contribution in [0.2, 0.25) is 0 Å². The monoisotopic (exact) mass is 387 g/mol. The van der Waals surface area contributed by atoms with Crippen LogP contribution in [0, 0.1) is 26.7 Å². The molecule has 1 unspecified atom stereocenters. The van der Waals surface area contributed by atoms with Gasteiger partial charge in [0, 0.05) is 11.3 Å². The molecule has 0 radical (unpaired) electrons. The molecule has 0 aliphatic heterocycles. The summed E-state index contributed by atoms with van der Waals surface area (Å²) in [5, 5.41) is 18.4. The number of carbonyl (C=O) groups is 3. The maximum Gasteiger partial charge on any atom is 0.326 e. The van der Waals surface area contributed by atoms with E-state index in [1.165, 1.54) is 6.07 Å². The van der Waals surface area contributed by atoms with E-state index in [1.807, 2.05) is 13.8 Å². The number of benzene rings is 1. The molecular weight excluding hydrogens is 362 g/mol. The summed E-state index contributed by atoms with van der Waals surface area (Å²) in [6, 6.07) is 3.82. The third kappa shape index (κ3) is 4.97. The number of aliphatic carboxylic acids is 1. The second-order valence-electron chi connectivity index (χ2n) is 7.18. The van der Waals surface area contributed by atoms with Gasteiger partial charge in [0.05, 0.1) is 5.69 Å². The standard InChI is InChI=1S/C20H25N3O5/c1-10(2)8-16(20(26)27)22-18(24)14-7-6-11(3)15(9-14)21-19(25)17-12(4)23-28-13(17)5/h6-7,9-10,16H,8H2,1-5H3,(H,21,25)(H,22,24)(H,26,27). The molecule has 2 rings (SSSR count). The van der Waals surface area contributed by atoms with Gasteiger partial charge in [-0.1, -0.05) is 25.1 Å². The number of rotatable bonds is 7. The lowest BCUT2D eigenvalue weighted by atomic mass is 10.0. The molecule has 150 valence electrons. The van der Waals surface area contributed by atoms with E-state index >= 15 is 0 Å². The normalized spacial score (nSPS) is 11.9.